The van der Waals surface area contributed by atoms with E-state index in [4.69, 9.17) is 5.14 Å². The fourth-order valence-electron chi connectivity index (χ4n) is 2.66. The molecule has 19 heavy (non-hydrogen) atoms. The van der Waals surface area contributed by atoms with Crippen LogP contribution in [0.2, 0.25) is 0 Å². The van der Waals surface area contributed by atoms with E-state index in [9.17, 15) is 8.42 Å². The molecule has 5 heteroatoms. The summed E-state index contributed by atoms with van der Waals surface area (Å²) in [5.74, 6) is 0. The molecule has 0 aliphatic carbocycles. The van der Waals surface area contributed by atoms with E-state index in [2.05, 4.69) is 4.90 Å². The van der Waals surface area contributed by atoms with Crippen molar-refractivity contribution in [2.24, 2.45) is 5.14 Å². The summed E-state index contributed by atoms with van der Waals surface area (Å²) >= 11 is 0. The lowest BCUT2D eigenvalue weighted by Crippen LogP contribution is -2.30. The van der Waals surface area contributed by atoms with E-state index in [1.807, 2.05) is 12.1 Å². The van der Waals surface area contributed by atoms with Gasteiger partial charge < -0.3 is 4.90 Å². The molecular formula is C14H22N2O2S. The first-order chi connectivity index (χ1) is 9.07. The second-order valence-electron chi connectivity index (χ2n) is 5.16. The quantitative estimate of drug-likeness (QED) is 0.895. The van der Waals surface area contributed by atoms with Crippen LogP contribution in [0.4, 0.5) is 0 Å². The molecule has 2 rings (SSSR count). The number of likely N-dealkylation sites (tertiary alicyclic amines) is 1. The Morgan fingerprint density at radius 2 is 1.79 bits per heavy atom. The van der Waals surface area contributed by atoms with E-state index < -0.39 is 10.0 Å². The molecular weight excluding hydrogens is 260 g/mol. The number of sulfonamides is 1. The van der Waals surface area contributed by atoms with Crippen LogP contribution in [-0.2, 0) is 16.4 Å². The van der Waals surface area contributed by atoms with Crippen molar-refractivity contribution in [1.82, 2.24) is 4.90 Å². The average Bonchev–Trinajstić information content (AvgIpc) is 2.39. The smallest absolute Gasteiger partial charge is 0.238 e. The van der Waals surface area contributed by atoms with Gasteiger partial charge in [-0.2, -0.15) is 0 Å². The first kappa shape index (κ1) is 14.5. The van der Waals surface area contributed by atoms with Crippen LogP contribution in [-0.4, -0.2) is 33.0 Å². The zero-order chi connectivity index (χ0) is 13.7. The van der Waals surface area contributed by atoms with Crippen LogP contribution < -0.4 is 5.14 Å². The summed E-state index contributed by atoms with van der Waals surface area (Å²) in [4.78, 5) is 2.73. The van der Waals surface area contributed by atoms with Gasteiger partial charge in [-0.3, -0.25) is 0 Å². The molecule has 0 unspecified atom stereocenters. The Morgan fingerprint density at radius 1 is 1.11 bits per heavy atom. The van der Waals surface area contributed by atoms with Crippen LogP contribution in [0, 0.1) is 0 Å². The van der Waals surface area contributed by atoms with Crippen LogP contribution in [0.15, 0.2) is 29.2 Å². The van der Waals surface area contributed by atoms with Gasteiger partial charge in [0, 0.05) is 0 Å². The van der Waals surface area contributed by atoms with E-state index in [1.165, 1.54) is 32.4 Å². The number of nitrogens with two attached hydrogens (primary N) is 1. The molecule has 1 aromatic carbocycles. The number of piperidine rings is 1. The van der Waals surface area contributed by atoms with E-state index in [0.29, 0.717) is 0 Å². The summed E-state index contributed by atoms with van der Waals surface area (Å²) in [6.07, 6.45) is 5.65. The molecule has 2 N–H and O–H groups in total. The van der Waals surface area contributed by atoms with Gasteiger partial charge >= 0.3 is 0 Å². The lowest BCUT2D eigenvalue weighted by Gasteiger charge is -2.26. The van der Waals surface area contributed by atoms with Gasteiger partial charge in [-0.15, -0.1) is 0 Å². The molecule has 1 saturated heterocycles. The van der Waals surface area contributed by atoms with Crippen molar-refractivity contribution in [3.8, 4) is 0 Å². The van der Waals surface area contributed by atoms with E-state index in [-0.39, 0.29) is 4.90 Å². The van der Waals surface area contributed by atoms with Gasteiger partial charge in [-0.25, -0.2) is 13.6 Å². The molecule has 1 aliphatic rings. The third-order valence-corrected chi connectivity index (χ3v) is 4.66. The van der Waals surface area contributed by atoms with Crippen molar-refractivity contribution in [2.75, 3.05) is 19.6 Å². The van der Waals surface area contributed by atoms with Gasteiger partial charge in [0.2, 0.25) is 10.0 Å². The Bertz CT molecular complexity index is 508. The van der Waals surface area contributed by atoms with E-state index >= 15 is 0 Å². The maximum atomic E-state index is 11.5. The van der Waals surface area contributed by atoms with Crippen LogP contribution >= 0.6 is 0 Å². The topological polar surface area (TPSA) is 63.4 Å². The molecule has 1 heterocycles. The van der Waals surface area contributed by atoms with Crippen molar-refractivity contribution in [1.29, 1.82) is 0 Å². The molecule has 0 bridgehead atoms. The standard InChI is InChI=1S/C14H22N2O2S/c15-19(17,18)14-9-3-2-7-13(14)8-6-12-16-10-4-1-5-11-16/h2-3,7,9H,1,4-6,8,10-12H2,(H2,15,17,18). The third kappa shape index (κ3) is 4.30. The predicted molar refractivity (Wildman–Crippen MR) is 76.4 cm³/mol. The third-order valence-electron chi connectivity index (χ3n) is 3.65. The average molecular weight is 282 g/mol. The van der Waals surface area contributed by atoms with Crippen molar-refractivity contribution in [2.45, 2.75) is 37.0 Å². The fourth-order valence-corrected chi connectivity index (χ4v) is 3.47. The number of aryl methyl sites for hydroxylation is 1. The van der Waals surface area contributed by atoms with Crippen molar-refractivity contribution in [3.05, 3.63) is 29.8 Å². The highest BCUT2D eigenvalue weighted by Gasteiger charge is 2.14. The Hall–Kier alpha value is -0.910. The van der Waals surface area contributed by atoms with Crippen molar-refractivity contribution < 1.29 is 8.42 Å². The Morgan fingerprint density at radius 3 is 2.47 bits per heavy atom. The van der Waals surface area contributed by atoms with Gasteiger partial charge in [-0.05, 0) is 56.9 Å². The normalized spacial score (nSPS) is 17.5. The number of hydrogen-bond donors (Lipinski definition) is 1. The second-order valence-corrected chi connectivity index (χ2v) is 6.69. The van der Waals surface area contributed by atoms with Crippen LogP contribution in [0.1, 0.15) is 31.2 Å². The molecule has 1 aromatic rings. The van der Waals surface area contributed by atoms with Gasteiger partial charge in [0.25, 0.3) is 0 Å². The Labute approximate surface area is 115 Å². The Balaban J connectivity index is 1.92. The number of nitrogens with zero attached hydrogens (tertiary/aromatic N) is 1. The zero-order valence-electron chi connectivity index (χ0n) is 11.2. The lowest BCUT2D eigenvalue weighted by atomic mass is 10.1. The van der Waals surface area contributed by atoms with Gasteiger partial charge in [0.1, 0.15) is 0 Å². The minimum absolute atomic E-state index is 0.272. The first-order valence-electron chi connectivity index (χ1n) is 6.90. The number of rotatable bonds is 5. The van der Waals surface area contributed by atoms with Crippen LogP contribution in [0.3, 0.4) is 0 Å². The molecule has 0 atom stereocenters. The van der Waals surface area contributed by atoms with Gasteiger partial charge in [-0.1, -0.05) is 24.6 Å². The first-order valence-corrected chi connectivity index (χ1v) is 8.45. The molecule has 0 spiro atoms. The minimum atomic E-state index is -3.60. The highest BCUT2D eigenvalue weighted by molar-refractivity contribution is 7.89. The number of benzene rings is 1. The summed E-state index contributed by atoms with van der Waals surface area (Å²) in [6.45, 7) is 3.40. The summed E-state index contributed by atoms with van der Waals surface area (Å²) in [6, 6.07) is 7.03. The SMILES string of the molecule is NS(=O)(=O)c1ccccc1CCCN1CCCCC1. The number of hydrogen-bond acceptors (Lipinski definition) is 3. The second kappa shape index (κ2) is 6.50. The maximum Gasteiger partial charge on any atom is 0.238 e. The van der Waals surface area contributed by atoms with E-state index in [0.717, 1.165) is 24.9 Å². The predicted octanol–water partition coefficient (Wildman–Crippen LogP) is 1.75. The van der Waals surface area contributed by atoms with Crippen LogP contribution in [0.25, 0.3) is 0 Å². The van der Waals surface area contributed by atoms with Crippen LogP contribution in [0.5, 0.6) is 0 Å². The molecule has 0 aromatic heterocycles. The maximum absolute atomic E-state index is 11.5. The Kier molecular flexibility index (Phi) is 4.96. The summed E-state index contributed by atoms with van der Waals surface area (Å²) in [7, 11) is -3.60. The van der Waals surface area contributed by atoms with Crippen molar-refractivity contribution >= 4 is 10.0 Å². The van der Waals surface area contributed by atoms with Crippen molar-refractivity contribution in [3.63, 3.8) is 0 Å². The molecule has 0 saturated carbocycles. The molecule has 1 fully saturated rings. The minimum Gasteiger partial charge on any atom is -0.303 e. The number of primary sulfonamides is 1. The molecule has 0 radical (unpaired) electrons. The monoisotopic (exact) mass is 282 g/mol. The van der Waals surface area contributed by atoms with Gasteiger partial charge in [0.15, 0.2) is 0 Å². The highest BCUT2D eigenvalue weighted by Crippen LogP contribution is 2.16. The molecule has 106 valence electrons. The summed E-state index contributed by atoms with van der Waals surface area (Å²) in [5.41, 5.74) is 0.835. The summed E-state index contributed by atoms with van der Waals surface area (Å²) < 4.78 is 23.0. The molecule has 1 aliphatic heterocycles. The zero-order valence-corrected chi connectivity index (χ0v) is 12.0. The molecule has 0 amide bonds. The largest absolute Gasteiger partial charge is 0.303 e. The highest BCUT2D eigenvalue weighted by atomic mass is 32.2. The molecule has 4 nitrogen and oxygen atoms in total. The van der Waals surface area contributed by atoms with E-state index in [1.54, 1.807) is 12.1 Å². The fraction of sp³-hybridized carbons (Fsp3) is 0.571. The van der Waals surface area contributed by atoms with Gasteiger partial charge in [0.05, 0.1) is 4.90 Å². The lowest BCUT2D eigenvalue weighted by molar-refractivity contribution is 0.226. The summed E-state index contributed by atoms with van der Waals surface area (Å²) in [5, 5.41) is 5.23.